The lowest BCUT2D eigenvalue weighted by Crippen LogP contribution is -2.20. The number of anilines is 2. The van der Waals surface area contributed by atoms with E-state index in [4.69, 9.17) is 35.6 Å². The molecule has 3 amide bonds. The number of aromatic nitrogens is 8. The third kappa shape index (κ3) is 11.4. The molecular weight excluding hydrogens is 825 g/mol. The Morgan fingerprint density at radius 2 is 1.39 bits per heavy atom. The summed E-state index contributed by atoms with van der Waals surface area (Å²) in [5.41, 5.74) is 17.3. The Hall–Kier alpha value is -7.35. The number of carbonyl (C=O) groups excluding carboxylic acids is 5. The number of nitrogens with one attached hydrogen (secondary N) is 2. The molecule has 0 saturated heterocycles. The molecule has 4 heterocycles. The van der Waals surface area contributed by atoms with E-state index < -0.39 is 17.7 Å². The number of ether oxygens (including phenoxy) is 3. The average molecular weight is 881 g/mol. The van der Waals surface area contributed by atoms with Crippen molar-refractivity contribution in [3.05, 3.63) is 88.0 Å². The smallest absolute Gasteiger partial charge is 0.306 e. The van der Waals surface area contributed by atoms with Crippen LogP contribution in [-0.4, -0.2) is 103 Å². The molecule has 20 heteroatoms. The predicted octanol–water partition coefficient (Wildman–Crippen LogP) is 4.59. The maximum absolute atomic E-state index is 13.6. The van der Waals surface area contributed by atoms with Crippen LogP contribution in [0.15, 0.2) is 48.6 Å². The molecule has 340 valence electrons. The van der Waals surface area contributed by atoms with Crippen LogP contribution < -0.4 is 26.8 Å². The minimum absolute atomic E-state index is 0.106. The van der Waals surface area contributed by atoms with Crippen molar-refractivity contribution in [3.8, 4) is 5.75 Å². The highest BCUT2D eigenvalue weighted by Crippen LogP contribution is 2.32. The number of allylic oxidation sites excluding steroid dienone is 2. The zero-order chi connectivity index (χ0) is 46.5. The van der Waals surface area contributed by atoms with Crippen molar-refractivity contribution < 1.29 is 38.2 Å². The van der Waals surface area contributed by atoms with E-state index >= 15 is 0 Å². The van der Waals surface area contributed by atoms with Crippen LogP contribution in [0.4, 0.5) is 11.9 Å². The number of aldehydes is 1. The van der Waals surface area contributed by atoms with Crippen LogP contribution in [-0.2, 0) is 46.9 Å². The van der Waals surface area contributed by atoms with Gasteiger partial charge in [-0.05, 0) is 83.0 Å². The minimum atomic E-state index is -0.654. The zero-order valence-electron chi connectivity index (χ0n) is 37.3. The second-order valence-electron chi connectivity index (χ2n) is 14.5. The summed E-state index contributed by atoms with van der Waals surface area (Å²) in [7, 11) is 3.34. The van der Waals surface area contributed by atoms with Crippen molar-refractivity contribution >= 4 is 63.9 Å². The topological polar surface area (TPSA) is 260 Å². The SMILES string of the molecule is CCOC(=O)CCc1cc(C(N)=O)cc2nc(NC)n(C/C=C/Cn3c(NC(=O)c4cc(C)nn4CC)nc4cc(C(N)=O)cc(OCCCOC)c43)c12.CCn1nc(C)cc1C=O. The number of hydrogen-bond donors (Lipinski definition) is 4. The summed E-state index contributed by atoms with van der Waals surface area (Å²) in [6.07, 6.45) is 5.64. The summed E-state index contributed by atoms with van der Waals surface area (Å²) in [6, 6.07) is 9.90. The Bertz CT molecular complexity index is 2670. The van der Waals surface area contributed by atoms with Crippen molar-refractivity contribution in [1.29, 1.82) is 0 Å². The van der Waals surface area contributed by atoms with Crippen LogP contribution in [0.2, 0.25) is 0 Å². The molecular formula is C44H56N12O8. The van der Waals surface area contributed by atoms with Gasteiger partial charge in [0.1, 0.15) is 22.7 Å². The van der Waals surface area contributed by atoms with E-state index in [0.29, 0.717) is 90.0 Å². The number of imidazole rings is 2. The average Bonchev–Trinajstić information content (AvgIpc) is 4.04. The third-order valence-electron chi connectivity index (χ3n) is 9.93. The quantitative estimate of drug-likeness (QED) is 0.0334. The molecule has 0 aliphatic heterocycles. The van der Waals surface area contributed by atoms with Crippen molar-refractivity contribution in [1.82, 2.24) is 38.7 Å². The first-order valence-corrected chi connectivity index (χ1v) is 20.9. The Balaban J connectivity index is 0.000000678. The summed E-state index contributed by atoms with van der Waals surface area (Å²) in [5.74, 6) is -0.919. The molecule has 0 aliphatic carbocycles. The molecule has 20 nitrogen and oxygen atoms in total. The number of aryl methyl sites for hydroxylation is 5. The summed E-state index contributed by atoms with van der Waals surface area (Å²) < 4.78 is 23.5. The Labute approximate surface area is 369 Å². The number of hydrogen-bond acceptors (Lipinski definition) is 13. The molecule has 0 bridgehead atoms. The molecule has 0 saturated carbocycles. The van der Waals surface area contributed by atoms with Gasteiger partial charge in [-0.25, -0.2) is 9.97 Å². The Morgan fingerprint density at radius 1 is 0.781 bits per heavy atom. The first-order chi connectivity index (χ1) is 30.8. The number of carbonyl (C=O) groups is 5. The third-order valence-corrected chi connectivity index (χ3v) is 9.93. The summed E-state index contributed by atoms with van der Waals surface area (Å²) in [6.45, 7) is 12.1. The van der Waals surface area contributed by atoms with Gasteiger partial charge in [0.2, 0.25) is 23.7 Å². The number of nitrogens with zero attached hydrogens (tertiary/aromatic N) is 8. The van der Waals surface area contributed by atoms with Crippen LogP contribution in [0.1, 0.15) is 92.3 Å². The van der Waals surface area contributed by atoms with Gasteiger partial charge in [-0.1, -0.05) is 12.2 Å². The number of fused-ring (bicyclic) bond motifs is 2. The van der Waals surface area contributed by atoms with Gasteiger partial charge in [0, 0.05) is 70.9 Å². The Morgan fingerprint density at radius 3 is 1.98 bits per heavy atom. The second kappa shape index (κ2) is 22.1. The van der Waals surface area contributed by atoms with Gasteiger partial charge in [-0.15, -0.1) is 0 Å². The van der Waals surface area contributed by atoms with Crippen LogP contribution >= 0.6 is 0 Å². The van der Waals surface area contributed by atoms with E-state index in [2.05, 4.69) is 20.8 Å². The van der Waals surface area contributed by atoms with Gasteiger partial charge in [-0.2, -0.15) is 10.2 Å². The molecule has 2 aromatic carbocycles. The van der Waals surface area contributed by atoms with Crippen LogP contribution in [0.5, 0.6) is 5.75 Å². The highest BCUT2D eigenvalue weighted by molar-refractivity contribution is 6.04. The van der Waals surface area contributed by atoms with Crippen molar-refractivity contribution in [2.24, 2.45) is 11.5 Å². The molecule has 64 heavy (non-hydrogen) atoms. The molecule has 0 fully saturated rings. The van der Waals surface area contributed by atoms with E-state index in [1.165, 1.54) is 0 Å². The fourth-order valence-electron chi connectivity index (χ4n) is 7.08. The largest absolute Gasteiger partial charge is 0.491 e. The van der Waals surface area contributed by atoms with E-state index in [9.17, 15) is 24.0 Å². The second-order valence-corrected chi connectivity index (χ2v) is 14.5. The first-order valence-electron chi connectivity index (χ1n) is 20.9. The molecule has 0 spiro atoms. The standard InChI is InChI=1S/C37H46N10O7.C7H10N2O/c1-6-47-28(17-22(3)44-47)35(51)43-37-42-27-20-25(34(39)50)21-29(54-16-10-15-52-5)32(27)46(37)14-9-8-13-45-31-23(11-12-30(48)53-7-2)18-24(33(38)49)19-26(31)41-36(45)40-4;1-3-9-7(5-10)4-6(2)8-9/h8-9,17-21H,6-7,10-16H2,1-5H3,(H2,38,49)(H2,39,50)(H,40,41)(H,42,43,51);4-5H,3H2,1-2H3/b9-8+;. The lowest BCUT2D eigenvalue weighted by Gasteiger charge is -2.13. The van der Waals surface area contributed by atoms with Gasteiger partial charge in [0.15, 0.2) is 6.29 Å². The molecule has 0 aliphatic rings. The molecule has 6 aromatic rings. The highest BCUT2D eigenvalue weighted by Gasteiger charge is 2.22. The maximum atomic E-state index is 13.6. The molecule has 6 rings (SSSR count). The number of methoxy groups -OCH3 is 1. The summed E-state index contributed by atoms with van der Waals surface area (Å²) >= 11 is 0. The monoisotopic (exact) mass is 880 g/mol. The Kier molecular flexibility index (Phi) is 16.5. The van der Waals surface area contributed by atoms with Gasteiger partial charge in [0.25, 0.3) is 5.91 Å². The van der Waals surface area contributed by atoms with Crippen LogP contribution in [0.25, 0.3) is 22.1 Å². The number of primary amides is 2. The van der Waals surface area contributed by atoms with Gasteiger partial charge >= 0.3 is 5.97 Å². The fourth-order valence-corrected chi connectivity index (χ4v) is 7.08. The first kappa shape index (κ1) is 47.7. The number of nitrogens with two attached hydrogens (primary N) is 2. The number of amides is 3. The number of esters is 1. The molecule has 6 N–H and O–H groups in total. The van der Waals surface area contributed by atoms with Gasteiger partial charge in [0.05, 0.1) is 41.2 Å². The summed E-state index contributed by atoms with van der Waals surface area (Å²) in [4.78, 5) is 70.1. The fraction of sp³-hybridized carbons (Fsp3) is 0.386. The summed E-state index contributed by atoms with van der Waals surface area (Å²) in [5, 5.41) is 14.5. The van der Waals surface area contributed by atoms with E-state index in [1.54, 1.807) is 71.4 Å². The molecule has 0 unspecified atom stereocenters. The minimum Gasteiger partial charge on any atom is -0.491 e. The zero-order valence-corrected chi connectivity index (χ0v) is 37.3. The van der Waals surface area contributed by atoms with Crippen molar-refractivity contribution in [2.75, 3.05) is 44.6 Å². The number of rotatable bonds is 21. The lowest BCUT2D eigenvalue weighted by molar-refractivity contribution is -0.143. The normalized spacial score (nSPS) is 11.2. The lowest BCUT2D eigenvalue weighted by atomic mass is 10.0. The highest BCUT2D eigenvalue weighted by atomic mass is 16.5. The molecule has 0 atom stereocenters. The maximum Gasteiger partial charge on any atom is 0.306 e. The van der Waals surface area contributed by atoms with E-state index in [-0.39, 0.29) is 42.6 Å². The van der Waals surface area contributed by atoms with Crippen LogP contribution in [0, 0.1) is 13.8 Å². The predicted molar refractivity (Wildman–Crippen MR) is 241 cm³/mol. The van der Waals surface area contributed by atoms with Gasteiger partial charge < -0.3 is 40.1 Å². The van der Waals surface area contributed by atoms with Crippen LogP contribution in [0.3, 0.4) is 0 Å². The van der Waals surface area contributed by atoms with Gasteiger partial charge in [-0.3, -0.25) is 38.7 Å². The van der Waals surface area contributed by atoms with E-state index in [1.807, 2.05) is 44.4 Å². The number of benzene rings is 2. The van der Waals surface area contributed by atoms with Crippen molar-refractivity contribution in [3.63, 3.8) is 0 Å². The van der Waals surface area contributed by atoms with Crippen molar-refractivity contribution in [2.45, 2.75) is 80.1 Å². The van der Waals surface area contributed by atoms with E-state index in [0.717, 1.165) is 24.0 Å². The molecule has 0 radical (unpaired) electrons. The molecule has 4 aromatic heterocycles.